The molecule has 0 radical (unpaired) electrons. The number of hydrogen-bond acceptors (Lipinski definition) is 4. The van der Waals surface area contributed by atoms with E-state index in [1.165, 1.54) is 0 Å². The number of hydrogen-bond donors (Lipinski definition) is 1. The zero-order chi connectivity index (χ0) is 14.8. The maximum Gasteiger partial charge on any atom is 0.227 e. The number of aliphatic hydroxyl groups is 1. The van der Waals surface area contributed by atoms with Crippen molar-refractivity contribution in [3.8, 4) is 5.75 Å². The molecule has 1 amide bonds. The molecule has 0 aliphatic carbocycles. The lowest BCUT2D eigenvalue weighted by Crippen LogP contribution is -2.40. The molecule has 1 aromatic carbocycles. The van der Waals surface area contributed by atoms with Gasteiger partial charge in [-0.05, 0) is 25.0 Å². The van der Waals surface area contributed by atoms with Gasteiger partial charge >= 0.3 is 0 Å². The highest BCUT2D eigenvalue weighted by molar-refractivity contribution is 5.88. The molecule has 21 heavy (non-hydrogen) atoms. The second-order valence-corrected chi connectivity index (χ2v) is 5.41. The number of nitrogens with zero attached hydrogens (tertiary/aromatic N) is 1. The number of methoxy groups -OCH3 is 1. The maximum atomic E-state index is 12.3. The average Bonchev–Trinajstić information content (AvgIpc) is 2.90. The monoisotopic (exact) mass is 289 g/mol. The molecule has 0 bridgehead atoms. The first-order valence-electron chi connectivity index (χ1n) is 7.17. The minimum atomic E-state index is -0.267. The third kappa shape index (κ3) is 2.88. The molecule has 0 unspecified atom stereocenters. The van der Waals surface area contributed by atoms with Crippen LogP contribution in [0.5, 0.6) is 5.75 Å². The third-order valence-corrected chi connectivity index (χ3v) is 4.02. The number of fused-ring (bicyclic) bond motifs is 1. The van der Waals surface area contributed by atoms with Gasteiger partial charge in [0.15, 0.2) is 0 Å². The molecule has 1 aliphatic heterocycles. The Labute approximate surface area is 123 Å². The molecule has 1 fully saturated rings. The number of ether oxygens (including phenoxy) is 1. The van der Waals surface area contributed by atoms with E-state index < -0.39 is 0 Å². The number of amides is 1. The van der Waals surface area contributed by atoms with Gasteiger partial charge in [0.05, 0.1) is 25.9 Å². The van der Waals surface area contributed by atoms with E-state index in [0.29, 0.717) is 32.4 Å². The largest absolute Gasteiger partial charge is 0.497 e. The van der Waals surface area contributed by atoms with Crippen LogP contribution in [0, 0.1) is 0 Å². The van der Waals surface area contributed by atoms with Crippen LogP contribution in [0.3, 0.4) is 0 Å². The van der Waals surface area contributed by atoms with Gasteiger partial charge in [-0.1, -0.05) is 0 Å². The van der Waals surface area contributed by atoms with Gasteiger partial charge in [0.1, 0.15) is 11.3 Å². The minimum absolute atomic E-state index is 0.0837. The zero-order valence-electron chi connectivity index (χ0n) is 12.0. The molecule has 5 nitrogen and oxygen atoms in total. The summed E-state index contributed by atoms with van der Waals surface area (Å²) in [5.41, 5.74) is 1.62. The van der Waals surface area contributed by atoms with Crippen LogP contribution >= 0.6 is 0 Å². The predicted octanol–water partition coefficient (Wildman–Crippen LogP) is 1.97. The topological polar surface area (TPSA) is 62.9 Å². The third-order valence-electron chi connectivity index (χ3n) is 4.02. The van der Waals surface area contributed by atoms with Crippen LogP contribution in [0.2, 0.25) is 0 Å². The lowest BCUT2D eigenvalue weighted by atomic mass is 10.1. The summed E-state index contributed by atoms with van der Waals surface area (Å²) in [5.74, 6) is 0.820. The van der Waals surface area contributed by atoms with Crippen LogP contribution in [0.25, 0.3) is 11.0 Å². The fourth-order valence-corrected chi connectivity index (χ4v) is 2.72. The first kappa shape index (κ1) is 13.9. The Kier molecular flexibility index (Phi) is 3.84. The normalized spacial score (nSPS) is 16.4. The van der Waals surface area contributed by atoms with Crippen molar-refractivity contribution in [2.75, 3.05) is 20.2 Å². The molecular formula is C16H19NO4. The van der Waals surface area contributed by atoms with Crippen LogP contribution in [0.1, 0.15) is 18.4 Å². The van der Waals surface area contributed by atoms with E-state index >= 15 is 0 Å². The summed E-state index contributed by atoms with van der Waals surface area (Å²) in [4.78, 5) is 14.1. The molecule has 2 aromatic rings. The fourth-order valence-electron chi connectivity index (χ4n) is 2.72. The maximum absolute atomic E-state index is 12.3. The molecule has 5 heteroatoms. The Morgan fingerprint density at radius 1 is 1.43 bits per heavy atom. The number of rotatable bonds is 3. The molecule has 3 rings (SSSR count). The molecule has 1 N–H and O–H groups in total. The highest BCUT2D eigenvalue weighted by Gasteiger charge is 2.22. The average molecular weight is 289 g/mol. The molecule has 112 valence electrons. The van der Waals surface area contributed by atoms with E-state index in [1.54, 1.807) is 13.4 Å². The fraction of sp³-hybridized carbons (Fsp3) is 0.438. The second-order valence-electron chi connectivity index (χ2n) is 5.41. The van der Waals surface area contributed by atoms with E-state index in [4.69, 9.17) is 9.15 Å². The number of benzene rings is 1. The highest BCUT2D eigenvalue weighted by Crippen LogP contribution is 2.26. The Balaban J connectivity index is 1.74. The van der Waals surface area contributed by atoms with Crippen molar-refractivity contribution in [1.82, 2.24) is 4.90 Å². The summed E-state index contributed by atoms with van der Waals surface area (Å²) in [7, 11) is 1.61. The van der Waals surface area contributed by atoms with Crippen molar-refractivity contribution in [2.45, 2.75) is 25.4 Å². The SMILES string of the molecule is COc1ccc2c(CC(=O)N3CCC(O)CC3)coc2c1. The Morgan fingerprint density at radius 2 is 2.19 bits per heavy atom. The number of carbonyl (C=O) groups is 1. The molecular weight excluding hydrogens is 270 g/mol. The van der Waals surface area contributed by atoms with Crippen molar-refractivity contribution in [1.29, 1.82) is 0 Å². The van der Waals surface area contributed by atoms with Gasteiger partial charge in [-0.15, -0.1) is 0 Å². The van der Waals surface area contributed by atoms with Crippen molar-refractivity contribution in [3.63, 3.8) is 0 Å². The van der Waals surface area contributed by atoms with E-state index in [-0.39, 0.29) is 12.0 Å². The highest BCUT2D eigenvalue weighted by atomic mass is 16.5. The summed E-state index contributed by atoms with van der Waals surface area (Å²) in [6.07, 6.45) is 3.02. The van der Waals surface area contributed by atoms with Crippen molar-refractivity contribution < 1.29 is 19.1 Å². The van der Waals surface area contributed by atoms with Gasteiger partial charge in [0.2, 0.25) is 5.91 Å². The quantitative estimate of drug-likeness (QED) is 0.938. The zero-order valence-corrected chi connectivity index (χ0v) is 12.0. The van der Waals surface area contributed by atoms with E-state index in [1.807, 2.05) is 23.1 Å². The van der Waals surface area contributed by atoms with E-state index in [9.17, 15) is 9.90 Å². The van der Waals surface area contributed by atoms with Gasteiger partial charge < -0.3 is 19.2 Å². The Morgan fingerprint density at radius 3 is 2.90 bits per heavy atom. The van der Waals surface area contributed by atoms with Crippen LogP contribution in [0.4, 0.5) is 0 Å². The number of likely N-dealkylation sites (tertiary alicyclic amines) is 1. The first-order chi connectivity index (χ1) is 10.2. The van der Waals surface area contributed by atoms with Crippen molar-refractivity contribution in [3.05, 3.63) is 30.0 Å². The molecule has 0 saturated carbocycles. The molecule has 2 heterocycles. The van der Waals surface area contributed by atoms with Crippen molar-refractivity contribution >= 4 is 16.9 Å². The van der Waals surface area contributed by atoms with E-state index in [2.05, 4.69) is 0 Å². The lowest BCUT2D eigenvalue weighted by Gasteiger charge is -2.29. The van der Waals surface area contributed by atoms with Gasteiger partial charge in [-0.2, -0.15) is 0 Å². The van der Waals surface area contributed by atoms with Crippen LogP contribution in [-0.4, -0.2) is 42.2 Å². The first-order valence-corrected chi connectivity index (χ1v) is 7.17. The van der Waals surface area contributed by atoms with Gasteiger partial charge in [-0.25, -0.2) is 0 Å². The summed E-state index contributed by atoms with van der Waals surface area (Å²) < 4.78 is 10.7. The summed E-state index contributed by atoms with van der Waals surface area (Å²) in [6, 6.07) is 5.60. The minimum Gasteiger partial charge on any atom is -0.497 e. The summed E-state index contributed by atoms with van der Waals surface area (Å²) in [5, 5.41) is 10.4. The van der Waals surface area contributed by atoms with Gasteiger partial charge in [0, 0.05) is 30.1 Å². The van der Waals surface area contributed by atoms with Crippen LogP contribution in [0.15, 0.2) is 28.9 Å². The number of furan rings is 1. The molecule has 1 aromatic heterocycles. The van der Waals surface area contributed by atoms with Crippen LogP contribution in [-0.2, 0) is 11.2 Å². The predicted molar refractivity (Wildman–Crippen MR) is 78.3 cm³/mol. The van der Waals surface area contributed by atoms with E-state index in [0.717, 1.165) is 22.3 Å². The number of aliphatic hydroxyl groups excluding tert-OH is 1. The number of piperidine rings is 1. The summed E-state index contributed by atoms with van der Waals surface area (Å²) >= 11 is 0. The van der Waals surface area contributed by atoms with Gasteiger partial charge in [0.25, 0.3) is 0 Å². The molecule has 0 spiro atoms. The van der Waals surface area contributed by atoms with Gasteiger partial charge in [-0.3, -0.25) is 4.79 Å². The lowest BCUT2D eigenvalue weighted by molar-refractivity contribution is -0.132. The smallest absolute Gasteiger partial charge is 0.227 e. The second kappa shape index (κ2) is 5.77. The number of carbonyl (C=O) groups excluding carboxylic acids is 1. The molecule has 1 saturated heterocycles. The Hall–Kier alpha value is -2.01. The molecule has 0 atom stereocenters. The molecule has 1 aliphatic rings. The standard InChI is InChI=1S/C16H19NO4/c1-20-13-2-3-14-11(10-21-15(14)9-13)8-16(19)17-6-4-12(18)5-7-17/h2-3,9-10,12,18H,4-8H2,1H3. The van der Waals surface area contributed by atoms with Crippen molar-refractivity contribution in [2.24, 2.45) is 0 Å². The van der Waals surface area contributed by atoms with Crippen LogP contribution < -0.4 is 4.74 Å². The Bertz CT molecular complexity index is 641. The summed E-state index contributed by atoms with van der Waals surface area (Å²) in [6.45, 7) is 1.26.